The van der Waals surface area contributed by atoms with Gasteiger partial charge in [0, 0.05) is 6.61 Å². The lowest BCUT2D eigenvalue weighted by Gasteiger charge is -2.22. The Morgan fingerprint density at radius 3 is 2.38 bits per heavy atom. The van der Waals surface area contributed by atoms with Gasteiger partial charge >= 0.3 is 5.97 Å². The Kier molecular flexibility index (Phi) is 7.83. The van der Waals surface area contributed by atoms with E-state index in [0.29, 0.717) is 13.0 Å². The molecule has 4 heteroatoms. The van der Waals surface area contributed by atoms with Crippen LogP contribution in [0.1, 0.15) is 32.3 Å². The normalized spacial score (nSPS) is 13.5. The summed E-state index contributed by atoms with van der Waals surface area (Å²) in [5.41, 5.74) is 1.07. The Bertz CT molecular complexity index is 413. The number of rotatable bonds is 9. The molecule has 0 aromatic heterocycles. The molecule has 0 bridgehead atoms. The zero-order chi connectivity index (χ0) is 15.7. The van der Waals surface area contributed by atoms with Crippen LogP contribution in [0.4, 0.5) is 0 Å². The third-order valence-electron chi connectivity index (χ3n) is 3.56. The first-order chi connectivity index (χ1) is 10.1. The average Bonchev–Trinajstić information content (AvgIpc) is 2.52. The predicted molar refractivity (Wildman–Crippen MR) is 82.5 cm³/mol. The number of carbonyl (C=O) groups excluding carboxylic acids is 1. The Labute approximate surface area is 127 Å². The van der Waals surface area contributed by atoms with Crippen LogP contribution in [0.3, 0.4) is 0 Å². The molecule has 0 unspecified atom stereocenters. The Morgan fingerprint density at radius 2 is 1.86 bits per heavy atom. The highest BCUT2D eigenvalue weighted by molar-refractivity contribution is 5.73. The topological polar surface area (TPSA) is 44.8 Å². The van der Waals surface area contributed by atoms with Crippen molar-refractivity contribution in [1.29, 1.82) is 0 Å². The highest BCUT2D eigenvalue weighted by Crippen LogP contribution is 2.19. The number of hydrogen-bond acceptors (Lipinski definition) is 4. The quantitative estimate of drug-likeness (QED) is 0.518. The fraction of sp³-hybridized carbons (Fsp3) is 0.588. The number of esters is 1. The summed E-state index contributed by atoms with van der Waals surface area (Å²) in [5, 5.41) is 0. The van der Waals surface area contributed by atoms with E-state index in [9.17, 15) is 4.79 Å². The van der Waals surface area contributed by atoms with Crippen LogP contribution in [0.25, 0.3) is 0 Å². The molecule has 0 heterocycles. The largest absolute Gasteiger partial charge is 0.497 e. The van der Waals surface area contributed by atoms with Gasteiger partial charge < -0.3 is 14.2 Å². The van der Waals surface area contributed by atoms with Crippen LogP contribution < -0.4 is 4.74 Å². The summed E-state index contributed by atoms with van der Waals surface area (Å²) < 4.78 is 15.8. The standard InChI is InChI=1S/C17H26O4/c1-5-6-11-21-13(2)16(17(18)20-4)12-14-7-9-15(19-3)10-8-14/h7-10,13,16H,5-6,11-12H2,1-4H3/t13-,16-/m0/s1. The van der Waals surface area contributed by atoms with Crippen LogP contribution in [-0.2, 0) is 20.7 Å². The van der Waals surface area contributed by atoms with Gasteiger partial charge in [0.2, 0.25) is 0 Å². The number of ether oxygens (including phenoxy) is 3. The van der Waals surface area contributed by atoms with Gasteiger partial charge in [0.15, 0.2) is 0 Å². The van der Waals surface area contributed by atoms with Gasteiger partial charge in [0.25, 0.3) is 0 Å². The third kappa shape index (κ3) is 5.76. The van der Waals surface area contributed by atoms with Crippen molar-refractivity contribution in [2.45, 2.75) is 39.2 Å². The van der Waals surface area contributed by atoms with Gasteiger partial charge in [-0.15, -0.1) is 0 Å². The SMILES string of the molecule is CCCCO[C@@H](C)[C@H](Cc1ccc(OC)cc1)C(=O)OC. The van der Waals surface area contributed by atoms with Crippen molar-refractivity contribution in [3.63, 3.8) is 0 Å². The molecule has 0 spiro atoms. The molecule has 4 nitrogen and oxygen atoms in total. The van der Waals surface area contributed by atoms with E-state index in [2.05, 4.69) is 6.92 Å². The van der Waals surface area contributed by atoms with Crippen LogP contribution in [0, 0.1) is 5.92 Å². The number of unbranched alkanes of at least 4 members (excludes halogenated alkanes) is 1. The molecule has 0 fully saturated rings. The van der Waals surface area contributed by atoms with Crippen LogP contribution in [0.5, 0.6) is 5.75 Å². The lowest BCUT2D eigenvalue weighted by Crippen LogP contribution is -2.31. The first-order valence-corrected chi connectivity index (χ1v) is 7.44. The molecule has 1 aromatic carbocycles. The summed E-state index contributed by atoms with van der Waals surface area (Å²) in [4.78, 5) is 12.0. The molecule has 21 heavy (non-hydrogen) atoms. The molecule has 0 aliphatic carbocycles. The lowest BCUT2D eigenvalue weighted by atomic mass is 9.94. The first-order valence-electron chi connectivity index (χ1n) is 7.44. The van der Waals surface area contributed by atoms with Crippen molar-refractivity contribution in [2.75, 3.05) is 20.8 Å². The average molecular weight is 294 g/mol. The molecule has 1 aromatic rings. The van der Waals surface area contributed by atoms with Crippen LogP contribution in [0.2, 0.25) is 0 Å². The molecule has 0 saturated heterocycles. The van der Waals surface area contributed by atoms with Crippen molar-refractivity contribution < 1.29 is 19.0 Å². The highest BCUT2D eigenvalue weighted by atomic mass is 16.5. The molecule has 0 aliphatic rings. The van der Waals surface area contributed by atoms with E-state index >= 15 is 0 Å². The second-order valence-electron chi connectivity index (χ2n) is 5.11. The molecule has 0 radical (unpaired) electrons. The molecule has 2 atom stereocenters. The molecule has 0 saturated carbocycles. The van der Waals surface area contributed by atoms with Gasteiger partial charge in [0.05, 0.1) is 26.2 Å². The van der Waals surface area contributed by atoms with Gasteiger partial charge in [0.1, 0.15) is 5.75 Å². The molecule has 0 amide bonds. The zero-order valence-electron chi connectivity index (χ0n) is 13.4. The number of benzene rings is 1. The van der Waals surface area contributed by atoms with Crippen molar-refractivity contribution in [3.05, 3.63) is 29.8 Å². The number of hydrogen-bond donors (Lipinski definition) is 0. The van der Waals surface area contributed by atoms with Gasteiger partial charge in [-0.25, -0.2) is 0 Å². The maximum atomic E-state index is 12.0. The van der Waals surface area contributed by atoms with E-state index in [-0.39, 0.29) is 18.0 Å². The summed E-state index contributed by atoms with van der Waals surface area (Å²) in [6.07, 6.45) is 2.52. The van der Waals surface area contributed by atoms with Crippen molar-refractivity contribution in [1.82, 2.24) is 0 Å². The second-order valence-corrected chi connectivity index (χ2v) is 5.11. The first kappa shape index (κ1) is 17.5. The molecule has 1 rings (SSSR count). The van der Waals surface area contributed by atoms with E-state index in [1.54, 1.807) is 7.11 Å². The number of methoxy groups -OCH3 is 2. The molecule has 0 N–H and O–H groups in total. The maximum Gasteiger partial charge on any atom is 0.311 e. The third-order valence-corrected chi connectivity index (χ3v) is 3.56. The lowest BCUT2D eigenvalue weighted by molar-refractivity contribution is -0.150. The summed E-state index contributed by atoms with van der Waals surface area (Å²) in [6, 6.07) is 7.72. The summed E-state index contributed by atoms with van der Waals surface area (Å²) >= 11 is 0. The summed E-state index contributed by atoms with van der Waals surface area (Å²) in [6.45, 7) is 4.72. The predicted octanol–water partition coefficient (Wildman–Crippen LogP) is 3.23. The summed E-state index contributed by atoms with van der Waals surface area (Å²) in [5.74, 6) is 0.288. The van der Waals surface area contributed by atoms with Crippen molar-refractivity contribution in [2.24, 2.45) is 5.92 Å². The van der Waals surface area contributed by atoms with Crippen LogP contribution in [-0.4, -0.2) is 32.9 Å². The van der Waals surface area contributed by atoms with E-state index in [1.807, 2.05) is 31.2 Å². The van der Waals surface area contributed by atoms with Gasteiger partial charge in [-0.05, 0) is 37.5 Å². The van der Waals surface area contributed by atoms with Gasteiger partial charge in [-0.1, -0.05) is 25.5 Å². The van der Waals surface area contributed by atoms with Gasteiger partial charge in [-0.3, -0.25) is 4.79 Å². The second kappa shape index (κ2) is 9.40. The Balaban J connectivity index is 2.70. The Morgan fingerprint density at radius 1 is 1.19 bits per heavy atom. The smallest absolute Gasteiger partial charge is 0.311 e. The van der Waals surface area contributed by atoms with Crippen molar-refractivity contribution >= 4 is 5.97 Å². The Hall–Kier alpha value is -1.55. The number of carbonyl (C=O) groups is 1. The van der Waals surface area contributed by atoms with E-state index in [1.165, 1.54) is 7.11 Å². The molecular formula is C17H26O4. The van der Waals surface area contributed by atoms with Crippen molar-refractivity contribution in [3.8, 4) is 5.75 Å². The zero-order valence-corrected chi connectivity index (χ0v) is 13.4. The van der Waals surface area contributed by atoms with E-state index in [0.717, 1.165) is 24.2 Å². The molecule has 118 valence electrons. The minimum Gasteiger partial charge on any atom is -0.497 e. The maximum absolute atomic E-state index is 12.0. The van der Waals surface area contributed by atoms with E-state index < -0.39 is 0 Å². The van der Waals surface area contributed by atoms with Gasteiger partial charge in [-0.2, -0.15) is 0 Å². The monoisotopic (exact) mass is 294 g/mol. The fourth-order valence-electron chi connectivity index (χ4n) is 2.14. The van der Waals surface area contributed by atoms with Crippen LogP contribution >= 0.6 is 0 Å². The molecule has 0 aliphatic heterocycles. The summed E-state index contributed by atoms with van der Waals surface area (Å²) in [7, 11) is 3.05. The fourth-order valence-corrected chi connectivity index (χ4v) is 2.14. The highest BCUT2D eigenvalue weighted by Gasteiger charge is 2.27. The van der Waals surface area contributed by atoms with Crippen LogP contribution in [0.15, 0.2) is 24.3 Å². The minimum atomic E-state index is -0.291. The minimum absolute atomic E-state index is 0.161. The van der Waals surface area contributed by atoms with E-state index in [4.69, 9.17) is 14.2 Å². The molecular weight excluding hydrogens is 268 g/mol.